The Bertz CT molecular complexity index is 1240. The Morgan fingerprint density at radius 2 is 1.64 bits per heavy atom. The molecule has 2 fully saturated rings. The number of ether oxygens (including phenoxy) is 1. The zero-order valence-electron chi connectivity index (χ0n) is 20.1. The summed E-state index contributed by atoms with van der Waals surface area (Å²) >= 11 is 0. The van der Waals surface area contributed by atoms with E-state index in [1.54, 1.807) is 60.5 Å². The summed E-state index contributed by atoms with van der Waals surface area (Å²) in [6.07, 6.45) is 6.19. The molecular weight excluding hydrogens is 458 g/mol. The van der Waals surface area contributed by atoms with Crippen LogP contribution in [-0.4, -0.2) is 41.8 Å². The first-order valence-corrected chi connectivity index (χ1v) is 12.3. The van der Waals surface area contributed by atoms with E-state index in [9.17, 15) is 14.4 Å². The van der Waals surface area contributed by atoms with E-state index in [0.717, 1.165) is 25.7 Å². The van der Waals surface area contributed by atoms with Crippen molar-refractivity contribution < 1.29 is 23.5 Å². The lowest BCUT2D eigenvalue weighted by Gasteiger charge is -2.34. The zero-order valence-corrected chi connectivity index (χ0v) is 20.1. The molecule has 0 radical (unpaired) electrons. The van der Waals surface area contributed by atoms with Gasteiger partial charge in [-0.2, -0.15) is 0 Å². The number of nitrogens with zero attached hydrogens (tertiary/aromatic N) is 1. The first kappa shape index (κ1) is 23.7. The van der Waals surface area contributed by atoms with Crippen LogP contribution in [0.4, 0.5) is 11.4 Å². The van der Waals surface area contributed by atoms with E-state index in [0.29, 0.717) is 35.0 Å². The van der Waals surface area contributed by atoms with Gasteiger partial charge in [0.1, 0.15) is 11.8 Å². The Kier molecular flexibility index (Phi) is 6.75. The van der Waals surface area contributed by atoms with Gasteiger partial charge in [-0.25, -0.2) is 0 Å². The molecule has 3 atom stereocenters. The van der Waals surface area contributed by atoms with Gasteiger partial charge >= 0.3 is 0 Å². The lowest BCUT2D eigenvalue weighted by Crippen LogP contribution is -2.47. The lowest BCUT2D eigenvalue weighted by molar-refractivity contribution is -0.120. The summed E-state index contributed by atoms with van der Waals surface area (Å²) in [6, 6.07) is 16.7. The van der Waals surface area contributed by atoms with Crippen molar-refractivity contribution in [2.75, 3.05) is 17.7 Å². The van der Waals surface area contributed by atoms with Crippen molar-refractivity contribution in [2.24, 2.45) is 5.92 Å². The Morgan fingerprint density at radius 3 is 2.36 bits per heavy atom. The molecule has 3 amide bonds. The van der Waals surface area contributed by atoms with Crippen molar-refractivity contribution in [3.8, 4) is 5.75 Å². The van der Waals surface area contributed by atoms with Crippen LogP contribution >= 0.6 is 0 Å². The van der Waals surface area contributed by atoms with Gasteiger partial charge in [0.15, 0.2) is 5.76 Å². The van der Waals surface area contributed by atoms with E-state index in [-0.39, 0.29) is 29.5 Å². The second-order valence-electron chi connectivity index (χ2n) is 9.27. The highest BCUT2D eigenvalue weighted by Crippen LogP contribution is 2.41. The molecule has 8 nitrogen and oxygen atoms in total. The number of nitrogens with one attached hydrogen (secondary N) is 2. The Morgan fingerprint density at radius 1 is 0.917 bits per heavy atom. The summed E-state index contributed by atoms with van der Waals surface area (Å²) in [6.45, 7) is 0. The highest BCUT2D eigenvalue weighted by Gasteiger charge is 2.48. The molecule has 186 valence electrons. The number of furan rings is 1. The first-order valence-electron chi connectivity index (χ1n) is 12.3. The number of amides is 3. The van der Waals surface area contributed by atoms with E-state index < -0.39 is 6.04 Å². The molecule has 5 rings (SSSR count). The Hall–Kier alpha value is -4.07. The van der Waals surface area contributed by atoms with Gasteiger partial charge in [0.25, 0.3) is 11.8 Å². The fourth-order valence-electron chi connectivity index (χ4n) is 5.41. The molecule has 2 aliphatic rings. The van der Waals surface area contributed by atoms with Crippen molar-refractivity contribution in [1.29, 1.82) is 0 Å². The summed E-state index contributed by atoms with van der Waals surface area (Å²) in [7, 11) is 1.55. The van der Waals surface area contributed by atoms with Crippen LogP contribution in [0.5, 0.6) is 5.75 Å². The molecule has 1 aliphatic heterocycles. The van der Waals surface area contributed by atoms with Gasteiger partial charge in [-0.05, 0) is 73.7 Å². The molecule has 8 heteroatoms. The van der Waals surface area contributed by atoms with Crippen molar-refractivity contribution >= 4 is 29.1 Å². The standard InChI is InChI=1S/C28H29N3O5/c1-35-24-10-5-3-8-21(24)28(34)31-22-9-4-2-7-18(22)17-23(31)26(32)29-19-12-14-20(15-13-19)30-27(33)25-11-6-16-36-25/h3,5-6,8,10-16,18,22-23H,2,4,7,9,17H2,1H3,(H,29,32)(H,30,33). The molecule has 36 heavy (non-hydrogen) atoms. The van der Waals surface area contributed by atoms with Crippen molar-refractivity contribution in [3.63, 3.8) is 0 Å². The topological polar surface area (TPSA) is 101 Å². The van der Waals surface area contributed by atoms with E-state index in [4.69, 9.17) is 9.15 Å². The fraction of sp³-hybridized carbons (Fsp3) is 0.321. The molecule has 2 heterocycles. The Balaban J connectivity index is 1.32. The molecule has 1 aromatic heterocycles. The maximum Gasteiger partial charge on any atom is 0.291 e. The number of likely N-dealkylation sites (tertiary alicyclic amines) is 1. The van der Waals surface area contributed by atoms with Crippen molar-refractivity contribution in [1.82, 2.24) is 4.90 Å². The van der Waals surface area contributed by atoms with E-state index >= 15 is 0 Å². The number of carbonyl (C=O) groups excluding carboxylic acids is 3. The second kappa shape index (κ2) is 10.3. The van der Waals surface area contributed by atoms with Crippen LogP contribution < -0.4 is 15.4 Å². The summed E-state index contributed by atoms with van der Waals surface area (Å²) < 4.78 is 10.5. The highest BCUT2D eigenvalue weighted by atomic mass is 16.5. The quantitative estimate of drug-likeness (QED) is 0.512. The minimum absolute atomic E-state index is 0.0473. The van der Waals surface area contributed by atoms with Gasteiger partial charge in [0, 0.05) is 17.4 Å². The molecule has 2 N–H and O–H groups in total. The molecule has 3 aromatic rings. The number of benzene rings is 2. The number of rotatable bonds is 6. The van der Waals surface area contributed by atoms with Crippen LogP contribution in [0.1, 0.15) is 53.0 Å². The minimum atomic E-state index is -0.561. The van der Waals surface area contributed by atoms with E-state index in [1.807, 2.05) is 12.1 Å². The van der Waals surface area contributed by atoms with Gasteiger partial charge in [0.05, 0.1) is 18.9 Å². The number of methoxy groups -OCH3 is 1. The predicted octanol–water partition coefficient (Wildman–Crippen LogP) is 4.95. The summed E-state index contributed by atoms with van der Waals surface area (Å²) in [5.41, 5.74) is 1.64. The molecular formula is C28H29N3O5. The van der Waals surface area contributed by atoms with Gasteiger partial charge in [-0.3, -0.25) is 14.4 Å². The third-order valence-electron chi connectivity index (χ3n) is 7.12. The summed E-state index contributed by atoms with van der Waals surface area (Å²) in [4.78, 5) is 41.1. The number of para-hydroxylation sites is 1. The monoisotopic (exact) mass is 487 g/mol. The minimum Gasteiger partial charge on any atom is -0.496 e. The first-order chi connectivity index (χ1) is 17.5. The second-order valence-corrected chi connectivity index (χ2v) is 9.27. The number of anilines is 2. The SMILES string of the molecule is COc1ccccc1C(=O)N1C(C(=O)Nc2ccc(NC(=O)c3ccco3)cc2)CC2CCCCC21. The average molecular weight is 488 g/mol. The fourth-order valence-corrected chi connectivity index (χ4v) is 5.41. The van der Waals surface area contributed by atoms with Crippen LogP contribution in [0.15, 0.2) is 71.3 Å². The molecule has 1 saturated heterocycles. The van der Waals surface area contributed by atoms with Crippen LogP contribution in [0.2, 0.25) is 0 Å². The number of hydrogen-bond acceptors (Lipinski definition) is 5. The van der Waals surface area contributed by atoms with E-state index in [2.05, 4.69) is 10.6 Å². The average Bonchev–Trinajstić information content (AvgIpc) is 3.58. The molecule has 0 spiro atoms. The van der Waals surface area contributed by atoms with Gasteiger partial charge in [-0.15, -0.1) is 0 Å². The van der Waals surface area contributed by atoms with Crippen LogP contribution in [-0.2, 0) is 4.79 Å². The normalized spacial score (nSPS) is 20.9. The molecule has 1 aliphatic carbocycles. The number of fused-ring (bicyclic) bond motifs is 1. The molecule has 3 unspecified atom stereocenters. The van der Waals surface area contributed by atoms with Crippen LogP contribution in [0, 0.1) is 5.92 Å². The maximum atomic E-state index is 13.7. The third kappa shape index (κ3) is 4.71. The molecule has 2 aromatic carbocycles. The molecule has 0 bridgehead atoms. The smallest absolute Gasteiger partial charge is 0.291 e. The third-order valence-corrected chi connectivity index (χ3v) is 7.12. The number of hydrogen-bond donors (Lipinski definition) is 2. The Labute approximate surface area is 209 Å². The van der Waals surface area contributed by atoms with Crippen LogP contribution in [0.3, 0.4) is 0 Å². The maximum absolute atomic E-state index is 13.7. The van der Waals surface area contributed by atoms with E-state index in [1.165, 1.54) is 6.26 Å². The molecule has 1 saturated carbocycles. The van der Waals surface area contributed by atoms with Gasteiger partial charge < -0.3 is 24.7 Å². The predicted molar refractivity (Wildman–Crippen MR) is 135 cm³/mol. The van der Waals surface area contributed by atoms with Crippen molar-refractivity contribution in [2.45, 2.75) is 44.2 Å². The van der Waals surface area contributed by atoms with Crippen LogP contribution in [0.25, 0.3) is 0 Å². The lowest BCUT2D eigenvalue weighted by atomic mass is 9.84. The summed E-state index contributed by atoms with van der Waals surface area (Å²) in [5.74, 6) is 0.309. The highest BCUT2D eigenvalue weighted by molar-refractivity contribution is 6.04. The van der Waals surface area contributed by atoms with Crippen molar-refractivity contribution in [3.05, 3.63) is 78.3 Å². The van der Waals surface area contributed by atoms with Gasteiger partial charge in [-0.1, -0.05) is 25.0 Å². The number of carbonyl (C=O) groups is 3. The zero-order chi connectivity index (χ0) is 25.1. The van der Waals surface area contributed by atoms with Gasteiger partial charge in [0.2, 0.25) is 5.91 Å². The largest absolute Gasteiger partial charge is 0.496 e. The summed E-state index contributed by atoms with van der Waals surface area (Å²) in [5, 5.41) is 5.73.